The molecule has 0 spiro atoms. The number of carbonyl (C=O) groups is 1. The molecule has 1 saturated heterocycles. The Kier molecular flexibility index (Phi) is 6.72. The summed E-state index contributed by atoms with van der Waals surface area (Å²) in [7, 11) is 5.20. The Balaban J connectivity index is 1.87. The monoisotopic (exact) mass is 468 g/mol. The molecule has 0 amide bonds. The zero-order valence-corrected chi connectivity index (χ0v) is 19.4. The largest absolute Gasteiger partial charge is 0.496 e. The molecule has 0 radical (unpaired) electrons. The van der Waals surface area contributed by atoms with Gasteiger partial charge in [0.15, 0.2) is 0 Å². The molecule has 0 aliphatic carbocycles. The summed E-state index contributed by atoms with van der Waals surface area (Å²) >= 11 is 6.44. The van der Waals surface area contributed by atoms with Crippen molar-refractivity contribution in [1.82, 2.24) is 9.88 Å². The minimum atomic E-state index is -1.12. The highest BCUT2D eigenvalue weighted by Gasteiger charge is 2.24. The van der Waals surface area contributed by atoms with Crippen LogP contribution in [0.3, 0.4) is 0 Å². The normalized spacial score (nSPS) is 15.9. The Morgan fingerprint density at radius 2 is 1.82 bits per heavy atom. The van der Waals surface area contributed by atoms with Gasteiger partial charge in [-0.15, -0.1) is 0 Å². The molecule has 1 aromatic heterocycles. The van der Waals surface area contributed by atoms with Crippen LogP contribution in [0, 0.1) is 0 Å². The van der Waals surface area contributed by atoms with E-state index in [1.54, 1.807) is 38.5 Å². The molecule has 4 rings (SSSR count). The first-order valence-electron chi connectivity index (χ1n) is 10.5. The number of aromatic carboxylic acids is 1. The van der Waals surface area contributed by atoms with Gasteiger partial charge in [-0.1, -0.05) is 23.7 Å². The fourth-order valence-electron chi connectivity index (χ4n) is 4.03. The van der Waals surface area contributed by atoms with Crippen molar-refractivity contribution in [3.8, 4) is 39.6 Å². The quantitative estimate of drug-likeness (QED) is 0.530. The number of nitrogens with zero attached hydrogens (tertiary/aromatic N) is 2. The molecule has 33 heavy (non-hydrogen) atoms. The number of likely N-dealkylation sites (tertiary alicyclic amines) is 1. The van der Waals surface area contributed by atoms with Gasteiger partial charge in [-0.3, -0.25) is 0 Å². The number of benzene rings is 2. The first-order chi connectivity index (χ1) is 15.9. The number of halogens is 1. The minimum absolute atomic E-state index is 0.0369. The fourth-order valence-corrected chi connectivity index (χ4v) is 4.19. The van der Waals surface area contributed by atoms with E-state index in [1.165, 1.54) is 6.07 Å². The Morgan fingerprint density at radius 3 is 2.42 bits per heavy atom. The van der Waals surface area contributed by atoms with E-state index < -0.39 is 5.97 Å². The third kappa shape index (κ3) is 4.74. The number of ether oxygens (including phenoxy) is 3. The highest BCUT2D eigenvalue weighted by molar-refractivity contribution is 6.32. The van der Waals surface area contributed by atoms with Crippen molar-refractivity contribution in [3.63, 3.8) is 0 Å². The maximum Gasteiger partial charge on any atom is 0.354 e. The molecular weight excluding hydrogens is 444 g/mol. The van der Waals surface area contributed by atoms with E-state index >= 15 is 0 Å². The molecule has 172 valence electrons. The Hall–Kier alpha value is -3.29. The minimum Gasteiger partial charge on any atom is -0.496 e. The number of pyridine rings is 1. The van der Waals surface area contributed by atoms with Crippen LogP contribution in [-0.2, 0) is 0 Å². The second-order valence-corrected chi connectivity index (χ2v) is 8.28. The molecule has 7 nitrogen and oxygen atoms in total. The maximum atomic E-state index is 11.7. The number of carboxylic acid groups (broad SMARTS) is 1. The Labute approximate surface area is 197 Å². The van der Waals surface area contributed by atoms with Crippen LogP contribution in [0.25, 0.3) is 22.4 Å². The van der Waals surface area contributed by atoms with Gasteiger partial charge in [0.25, 0.3) is 0 Å². The number of likely N-dealkylation sites (N-methyl/N-ethyl adjacent to an activating group) is 1. The van der Waals surface area contributed by atoms with Gasteiger partial charge < -0.3 is 24.2 Å². The van der Waals surface area contributed by atoms with E-state index in [2.05, 4.69) is 16.9 Å². The highest BCUT2D eigenvalue weighted by atomic mass is 35.5. The van der Waals surface area contributed by atoms with E-state index in [0.717, 1.165) is 19.5 Å². The van der Waals surface area contributed by atoms with Crippen LogP contribution in [-0.4, -0.2) is 61.4 Å². The smallest absolute Gasteiger partial charge is 0.354 e. The molecule has 1 aliphatic heterocycles. The average Bonchev–Trinajstić information content (AvgIpc) is 3.24. The van der Waals surface area contributed by atoms with Gasteiger partial charge in [0, 0.05) is 24.2 Å². The zero-order chi connectivity index (χ0) is 23.5. The lowest BCUT2D eigenvalue weighted by Gasteiger charge is -2.18. The van der Waals surface area contributed by atoms with Crippen LogP contribution in [0.1, 0.15) is 16.9 Å². The van der Waals surface area contributed by atoms with E-state index in [0.29, 0.717) is 44.7 Å². The average molecular weight is 469 g/mol. The molecule has 1 aliphatic rings. The SMILES string of the molecule is COc1cccc(OC)c1-c1ccc(C(=O)O)nc1-c1ccc(Cl)c(OC2CCN(C)C2)c1. The third-order valence-corrected chi connectivity index (χ3v) is 5.97. The van der Waals surface area contributed by atoms with Crippen molar-refractivity contribution >= 4 is 17.6 Å². The number of hydrogen-bond acceptors (Lipinski definition) is 6. The van der Waals surface area contributed by atoms with Crippen molar-refractivity contribution in [2.45, 2.75) is 12.5 Å². The molecule has 1 atom stereocenters. The van der Waals surface area contributed by atoms with Crippen molar-refractivity contribution in [2.75, 3.05) is 34.4 Å². The molecule has 0 saturated carbocycles. The van der Waals surface area contributed by atoms with Gasteiger partial charge in [-0.05, 0) is 49.9 Å². The summed E-state index contributed by atoms with van der Waals surface area (Å²) in [5, 5.41) is 10.1. The van der Waals surface area contributed by atoms with Crippen LogP contribution >= 0.6 is 11.6 Å². The molecule has 1 N–H and O–H groups in total. The van der Waals surface area contributed by atoms with Gasteiger partial charge >= 0.3 is 5.97 Å². The second-order valence-electron chi connectivity index (χ2n) is 7.87. The first kappa shape index (κ1) is 22.9. The maximum absolute atomic E-state index is 11.7. The number of methoxy groups -OCH3 is 2. The van der Waals surface area contributed by atoms with Crippen LogP contribution in [0.5, 0.6) is 17.2 Å². The topological polar surface area (TPSA) is 81.1 Å². The predicted octanol–water partition coefficient (Wildman–Crippen LogP) is 4.87. The van der Waals surface area contributed by atoms with E-state index in [9.17, 15) is 9.90 Å². The van der Waals surface area contributed by atoms with Gasteiger partial charge in [0.05, 0.1) is 30.5 Å². The lowest BCUT2D eigenvalue weighted by atomic mass is 9.97. The van der Waals surface area contributed by atoms with Gasteiger partial charge in [-0.2, -0.15) is 0 Å². The standard InChI is InChI=1S/C25H25ClN2O5/c1-28-12-11-16(14-28)33-22-13-15(7-9-18(22)26)24-17(8-10-19(27-24)25(29)30)23-20(31-2)5-4-6-21(23)32-3/h4-10,13,16H,11-12,14H2,1-3H3,(H,29,30). The Morgan fingerprint density at radius 1 is 1.09 bits per heavy atom. The lowest BCUT2D eigenvalue weighted by molar-refractivity contribution is 0.0690. The molecule has 8 heteroatoms. The summed E-state index contributed by atoms with van der Waals surface area (Å²) in [5.41, 5.74) is 2.41. The fraction of sp³-hybridized carbons (Fsp3) is 0.280. The van der Waals surface area contributed by atoms with Crippen LogP contribution < -0.4 is 14.2 Å². The van der Waals surface area contributed by atoms with Crippen LogP contribution in [0.4, 0.5) is 0 Å². The molecule has 2 heterocycles. The summed E-state index contributed by atoms with van der Waals surface area (Å²) < 4.78 is 17.3. The summed E-state index contributed by atoms with van der Waals surface area (Å²) in [6, 6.07) is 14.0. The van der Waals surface area contributed by atoms with Crippen molar-refractivity contribution in [2.24, 2.45) is 0 Å². The highest BCUT2D eigenvalue weighted by Crippen LogP contribution is 2.43. The van der Waals surface area contributed by atoms with E-state index in [1.807, 2.05) is 18.2 Å². The number of rotatable bonds is 7. The first-order valence-corrected chi connectivity index (χ1v) is 10.9. The van der Waals surface area contributed by atoms with E-state index in [4.69, 9.17) is 25.8 Å². The van der Waals surface area contributed by atoms with E-state index in [-0.39, 0.29) is 11.8 Å². The van der Waals surface area contributed by atoms with Crippen molar-refractivity contribution in [3.05, 3.63) is 59.2 Å². The summed E-state index contributed by atoms with van der Waals surface area (Å²) in [5.74, 6) is 0.587. The summed E-state index contributed by atoms with van der Waals surface area (Å²) in [6.07, 6.45) is 0.947. The number of hydrogen-bond donors (Lipinski definition) is 1. The van der Waals surface area contributed by atoms with Crippen molar-refractivity contribution in [1.29, 1.82) is 0 Å². The molecular formula is C25H25ClN2O5. The molecule has 0 bridgehead atoms. The van der Waals surface area contributed by atoms with Crippen LogP contribution in [0.15, 0.2) is 48.5 Å². The zero-order valence-electron chi connectivity index (χ0n) is 18.7. The summed E-state index contributed by atoms with van der Waals surface area (Å²) in [6.45, 7) is 1.78. The summed E-state index contributed by atoms with van der Waals surface area (Å²) in [4.78, 5) is 18.4. The van der Waals surface area contributed by atoms with Gasteiger partial charge in [0.2, 0.25) is 0 Å². The van der Waals surface area contributed by atoms with Crippen molar-refractivity contribution < 1.29 is 24.1 Å². The molecule has 2 aromatic carbocycles. The van der Waals surface area contributed by atoms with Gasteiger partial charge in [-0.25, -0.2) is 9.78 Å². The second kappa shape index (κ2) is 9.68. The third-order valence-electron chi connectivity index (χ3n) is 5.66. The number of aromatic nitrogens is 1. The Bertz CT molecular complexity index is 1160. The number of carboxylic acids is 1. The van der Waals surface area contributed by atoms with Crippen LogP contribution in [0.2, 0.25) is 5.02 Å². The molecule has 1 unspecified atom stereocenters. The molecule has 1 fully saturated rings. The lowest BCUT2D eigenvalue weighted by Crippen LogP contribution is -2.21. The predicted molar refractivity (Wildman–Crippen MR) is 127 cm³/mol. The molecule has 3 aromatic rings. The van der Waals surface area contributed by atoms with Gasteiger partial charge in [0.1, 0.15) is 29.0 Å².